The lowest BCUT2D eigenvalue weighted by Crippen LogP contribution is -2.56. The second kappa shape index (κ2) is 11.8. The summed E-state index contributed by atoms with van der Waals surface area (Å²) in [4.78, 5) is 61.9. The van der Waals surface area contributed by atoms with Crippen molar-refractivity contribution in [2.24, 2.45) is 11.5 Å². The first-order chi connectivity index (χ1) is 15.2. The van der Waals surface area contributed by atoms with Gasteiger partial charge in [0.2, 0.25) is 23.6 Å². The summed E-state index contributed by atoms with van der Waals surface area (Å²) in [7, 11) is 0. The molecule has 1 aliphatic rings. The van der Waals surface area contributed by atoms with Gasteiger partial charge >= 0.3 is 5.97 Å². The van der Waals surface area contributed by atoms with Crippen LogP contribution in [0.2, 0.25) is 0 Å². The van der Waals surface area contributed by atoms with Crippen LogP contribution in [0.1, 0.15) is 31.2 Å². The van der Waals surface area contributed by atoms with Crippen molar-refractivity contribution < 1.29 is 29.1 Å². The number of hydrogen-bond acceptors (Lipinski definition) is 6. The highest BCUT2D eigenvalue weighted by Crippen LogP contribution is 2.18. The fourth-order valence-electron chi connectivity index (χ4n) is 3.60. The van der Waals surface area contributed by atoms with Crippen molar-refractivity contribution in [3.05, 3.63) is 35.9 Å². The third-order valence-corrected chi connectivity index (χ3v) is 5.26. The van der Waals surface area contributed by atoms with Gasteiger partial charge in [-0.15, -0.1) is 0 Å². The van der Waals surface area contributed by atoms with E-state index in [0.717, 1.165) is 0 Å². The van der Waals surface area contributed by atoms with Gasteiger partial charge in [0.1, 0.15) is 18.1 Å². The Bertz CT molecular complexity index is 846. The van der Waals surface area contributed by atoms with Gasteiger partial charge in [0, 0.05) is 19.4 Å². The van der Waals surface area contributed by atoms with E-state index >= 15 is 0 Å². The third-order valence-electron chi connectivity index (χ3n) is 5.26. The van der Waals surface area contributed by atoms with Crippen LogP contribution >= 0.6 is 0 Å². The van der Waals surface area contributed by atoms with Crippen molar-refractivity contribution in [1.82, 2.24) is 15.5 Å². The van der Waals surface area contributed by atoms with Gasteiger partial charge in [0.05, 0.1) is 6.54 Å². The van der Waals surface area contributed by atoms with Gasteiger partial charge in [-0.25, -0.2) is 4.79 Å². The molecule has 11 heteroatoms. The predicted octanol–water partition coefficient (Wildman–Crippen LogP) is -1.50. The maximum atomic E-state index is 12.8. The van der Waals surface area contributed by atoms with Crippen molar-refractivity contribution in [2.45, 2.75) is 50.2 Å². The summed E-state index contributed by atoms with van der Waals surface area (Å²) in [5, 5.41) is 14.5. The molecule has 0 bridgehead atoms. The first-order valence-corrected chi connectivity index (χ1v) is 10.4. The Balaban J connectivity index is 2.11. The van der Waals surface area contributed by atoms with Crippen molar-refractivity contribution in [3.8, 4) is 0 Å². The van der Waals surface area contributed by atoms with Crippen LogP contribution in [0.25, 0.3) is 0 Å². The number of carboxylic acid groups (broad SMARTS) is 1. The largest absolute Gasteiger partial charge is 0.480 e. The Hall–Kier alpha value is -3.47. The van der Waals surface area contributed by atoms with Gasteiger partial charge in [-0.05, 0) is 24.8 Å². The van der Waals surface area contributed by atoms with Crippen molar-refractivity contribution in [3.63, 3.8) is 0 Å². The number of benzene rings is 1. The van der Waals surface area contributed by atoms with Crippen LogP contribution in [0.3, 0.4) is 0 Å². The van der Waals surface area contributed by atoms with E-state index in [0.29, 0.717) is 24.9 Å². The SMILES string of the molecule is NCC(=O)N1CCCC1C(=O)NC(CCC(N)=O)C(=O)NC(Cc1ccccc1)C(=O)O. The van der Waals surface area contributed by atoms with E-state index in [9.17, 15) is 29.1 Å². The topological polar surface area (TPSA) is 185 Å². The molecule has 0 spiro atoms. The predicted molar refractivity (Wildman–Crippen MR) is 114 cm³/mol. The Morgan fingerprint density at radius 2 is 1.78 bits per heavy atom. The first-order valence-electron chi connectivity index (χ1n) is 10.4. The molecule has 0 radical (unpaired) electrons. The molecule has 2 rings (SSSR count). The number of carbonyl (C=O) groups is 5. The summed E-state index contributed by atoms with van der Waals surface area (Å²) < 4.78 is 0. The first kappa shape index (κ1) is 24.8. The fourth-order valence-corrected chi connectivity index (χ4v) is 3.60. The molecule has 3 unspecified atom stereocenters. The highest BCUT2D eigenvalue weighted by molar-refractivity contribution is 5.94. The molecule has 32 heavy (non-hydrogen) atoms. The number of nitrogens with zero attached hydrogens (tertiary/aromatic N) is 1. The van der Waals surface area contributed by atoms with Gasteiger partial charge in [0.15, 0.2) is 0 Å². The van der Waals surface area contributed by atoms with E-state index in [-0.39, 0.29) is 31.7 Å². The van der Waals surface area contributed by atoms with E-state index in [4.69, 9.17) is 11.5 Å². The number of nitrogens with two attached hydrogens (primary N) is 2. The molecule has 0 saturated carbocycles. The smallest absolute Gasteiger partial charge is 0.326 e. The van der Waals surface area contributed by atoms with Crippen LogP contribution in [-0.4, -0.2) is 70.8 Å². The minimum absolute atomic E-state index is 0.0415. The zero-order chi connectivity index (χ0) is 23.7. The molecule has 7 N–H and O–H groups in total. The van der Waals surface area contributed by atoms with E-state index in [2.05, 4.69) is 10.6 Å². The molecule has 3 atom stereocenters. The molecule has 1 fully saturated rings. The number of rotatable bonds is 11. The lowest BCUT2D eigenvalue weighted by atomic mass is 10.0. The average Bonchev–Trinajstić information content (AvgIpc) is 3.26. The molecule has 1 aromatic carbocycles. The van der Waals surface area contributed by atoms with Crippen molar-refractivity contribution in [2.75, 3.05) is 13.1 Å². The minimum Gasteiger partial charge on any atom is -0.480 e. The van der Waals surface area contributed by atoms with E-state index < -0.39 is 41.8 Å². The summed E-state index contributed by atoms with van der Waals surface area (Å²) in [6.07, 6.45) is 0.764. The lowest BCUT2D eigenvalue weighted by molar-refractivity contribution is -0.143. The summed E-state index contributed by atoms with van der Waals surface area (Å²) in [6.45, 7) is 0.138. The zero-order valence-electron chi connectivity index (χ0n) is 17.7. The molecule has 1 saturated heterocycles. The van der Waals surface area contributed by atoms with Crippen molar-refractivity contribution in [1.29, 1.82) is 0 Å². The molecule has 0 aliphatic carbocycles. The summed E-state index contributed by atoms with van der Waals surface area (Å²) in [5.41, 5.74) is 11.3. The van der Waals surface area contributed by atoms with Gasteiger partial charge in [0.25, 0.3) is 0 Å². The maximum Gasteiger partial charge on any atom is 0.326 e. The van der Waals surface area contributed by atoms with Crippen LogP contribution < -0.4 is 22.1 Å². The highest BCUT2D eigenvalue weighted by Gasteiger charge is 2.36. The number of hydrogen-bond donors (Lipinski definition) is 5. The number of carboxylic acids is 1. The molecule has 4 amide bonds. The number of aliphatic carboxylic acids is 1. The standard InChI is InChI=1S/C21H29N5O6/c22-12-18(28)26-10-4-7-16(26)20(30)24-14(8-9-17(23)27)19(29)25-15(21(31)32)11-13-5-2-1-3-6-13/h1-3,5-6,14-16H,4,7-12,22H2,(H2,23,27)(H,24,30)(H,25,29)(H,31,32). The quantitative estimate of drug-likeness (QED) is 0.273. The van der Waals surface area contributed by atoms with E-state index in [1.54, 1.807) is 30.3 Å². The average molecular weight is 447 g/mol. The van der Waals surface area contributed by atoms with Gasteiger partial charge in [-0.2, -0.15) is 0 Å². The van der Waals surface area contributed by atoms with Gasteiger partial charge in [-0.3, -0.25) is 19.2 Å². The maximum absolute atomic E-state index is 12.8. The molecule has 1 aromatic rings. The summed E-state index contributed by atoms with van der Waals surface area (Å²) in [5.74, 6) is -3.61. The second-order valence-corrected chi connectivity index (χ2v) is 7.60. The molecule has 11 nitrogen and oxygen atoms in total. The van der Waals surface area contributed by atoms with E-state index in [1.807, 2.05) is 0 Å². The third kappa shape index (κ3) is 7.05. The Morgan fingerprint density at radius 1 is 1.09 bits per heavy atom. The molecule has 174 valence electrons. The number of carbonyl (C=O) groups excluding carboxylic acids is 4. The normalized spacial score (nSPS) is 17.3. The lowest BCUT2D eigenvalue weighted by Gasteiger charge is -2.26. The number of nitrogens with one attached hydrogen (secondary N) is 2. The number of likely N-dealkylation sites (tertiary alicyclic amines) is 1. The fraction of sp³-hybridized carbons (Fsp3) is 0.476. The summed E-state index contributed by atoms with van der Waals surface area (Å²) >= 11 is 0. The van der Waals surface area contributed by atoms with Crippen LogP contribution in [-0.2, 0) is 30.4 Å². The molecule has 0 aromatic heterocycles. The minimum atomic E-state index is -1.24. The molecular formula is C21H29N5O6. The zero-order valence-corrected chi connectivity index (χ0v) is 17.7. The monoisotopic (exact) mass is 447 g/mol. The van der Waals surface area contributed by atoms with Crippen molar-refractivity contribution >= 4 is 29.6 Å². The second-order valence-electron chi connectivity index (χ2n) is 7.60. The van der Waals surface area contributed by atoms with Crippen LogP contribution in [0.4, 0.5) is 0 Å². The van der Waals surface area contributed by atoms with Gasteiger partial charge < -0.3 is 32.1 Å². The van der Waals surface area contributed by atoms with E-state index in [1.165, 1.54) is 4.90 Å². The summed E-state index contributed by atoms with van der Waals surface area (Å²) in [6, 6.07) is 5.55. The highest BCUT2D eigenvalue weighted by atomic mass is 16.4. The number of primary amides is 1. The van der Waals surface area contributed by atoms with Crippen LogP contribution in [0.15, 0.2) is 30.3 Å². The molecule has 1 aliphatic heterocycles. The Labute approximate surface area is 185 Å². The van der Waals surface area contributed by atoms with Crippen LogP contribution in [0, 0.1) is 0 Å². The van der Waals surface area contributed by atoms with Gasteiger partial charge in [-0.1, -0.05) is 30.3 Å². The number of amides is 4. The molecular weight excluding hydrogens is 418 g/mol. The Morgan fingerprint density at radius 3 is 2.38 bits per heavy atom. The Kier molecular flexibility index (Phi) is 9.14. The molecule has 1 heterocycles. The van der Waals surface area contributed by atoms with Crippen LogP contribution in [0.5, 0.6) is 0 Å².